The van der Waals surface area contributed by atoms with Crippen molar-refractivity contribution in [2.45, 2.75) is 6.92 Å². The molecular weight excluding hydrogens is 308 g/mol. The molecule has 0 aliphatic carbocycles. The Morgan fingerprint density at radius 2 is 1.83 bits per heavy atom. The summed E-state index contributed by atoms with van der Waals surface area (Å²) in [7, 11) is 0. The third-order valence-electron chi connectivity index (χ3n) is 3.16. The highest BCUT2D eigenvalue weighted by atomic mass is 16.5. The first kappa shape index (κ1) is 15.6. The van der Waals surface area contributed by atoms with Crippen molar-refractivity contribution in [3.05, 3.63) is 66.6 Å². The molecule has 1 heterocycles. The van der Waals surface area contributed by atoms with E-state index in [0.717, 1.165) is 5.75 Å². The van der Waals surface area contributed by atoms with E-state index in [4.69, 9.17) is 14.0 Å². The molecular formula is C18H16N2O4. The second-order valence-electron chi connectivity index (χ2n) is 4.83. The molecule has 0 unspecified atom stereocenters. The first-order valence-electron chi connectivity index (χ1n) is 7.48. The fourth-order valence-corrected chi connectivity index (χ4v) is 2.07. The number of benzene rings is 2. The maximum Gasteiger partial charge on any atom is 0.294 e. The summed E-state index contributed by atoms with van der Waals surface area (Å²) in [5.41, 5.74) is 0.535. The van der Waals surface area contributed by atoms with Crippen LogP contribution in [0.2, 0.25) is 0 Å². The minimum absolute atomic E-state index is 0.130. The Hall–Kier alpha value is -3.28. The zero-order valence-corrected chi connectivity index (χ0v) is 13.1. The standard InChI is InChI=1S/C18H16N2O4/c1-2-22-13-7-9-14(10-8-13)23-16-6-4-3-5-15(16)20-18(21)17-11-12-19-24-17/h3-12H,2H2,1H3,(H,20,21). The SMILES string of the molecule is CCOc1ccc(Oc2ccccc2NC(=O)c2ccno2)cc1. The molecule has 0 aliphatic heterocycles. The van der Waals surface area contributed by atoms with Crippen LogP contribution in [0.1, 0.15) is 17.5 Å². The number of nitrogens with one attached hydrogen (secondary N) is 1. The van der Waals surface area contributed by atoms with Crippen molar-refractivity contribution in [1.82, 2.24) is 5.16 Å². The number of aromatic nitrogens is 1. The lowest BCUT2D eigenvalue weighted by molar-refractivity contribution is 0.0987. The maximum absolute atomic E-state index is 12.1. The Kier molecular flexibility index (Phi) is 4.76. The predicted molar refractivity (Wildman–Crippen MR) is 88.6 cm³/mol. The van der Waals surface area contributed by atoms with Crippen molar-refractivity contribution in [2.24, 2.45) is 0 Å². The van der Waals surface area contributed by atoms with Crippen LogP contribution in [0.15, 0.2) is 65.3 Å². The van der Waals surface area contributed by atoms with E-state index in [1.165, 1.54) is 12.3 Å². The second kappa shape index (κ2) is 7.32. The highest BCUT2D eigenvalue weighted by Crippen LogP contribution is 2.30. The van der Waals surface area contributed by atoms with Crippen LogP contribution in [0, 0.1) is 0 Å². The maximum atomic E-state index is 12.1. The van der Waals surface area contributed by atoms with Gasteiger partial charge in [-0.1, -0.05) is 17.3 Å². The van der Waals surface area contributed by atoms with Crippen LogP contribution in [-0.2, 0) is 0 Å². The van der Waals surface area contributed by atoms with Crippen molar-refractivity contribution in [1.29, 1.82) is 0 Å². The van der Waals surface area contributed by atoms with Crippen LogP contribution in [0.5, 0.6) is 17.2 Å². The van der Waals surface area contributed by atoms with Crippen molar-refractivity contribution >= 4 is 11.6 Å². The Balaban J connectivity index is 1.75. The number of hydrogen-bond donors (Lipinski definition) is 1. The molecule has 0 bridgehead atoms. The summed E-state index contributed by atoms with van der Waals surface area (Å²) in [5.74, 6) is 1.67. The largest absolute Gasteiger partial charge is 0.494 e. The number of carbonyl (C=O) groups is 1. The summed E-state index contributed by atoms with van der Waals surface area (Å²) in [6, 6.07) is 15.9. The monoisotopic (exact) mass is 324 g/mol. The lowest BCUT2D eigenvalue weighted by atomic mass is 10.2. The zero-order valence-electron chi connectivity index (χ0n) is 13.1. The molecule has 1 aromatic heterocycles. The van der Waals surface area contributed by atoms with E-state index in [9.17, 15) is 4.79 Å². The molecule has 24 heavy (non-hydrogen) atoms. The van der Waals surface area contributed by atoms with Crippen LogP contribution in [-0.4, -0.2) is 17.7 Å². The van der Waals surface area contributed by atoms with Gasteiger partial charge in [0, 0.05) is 6.07 Å². The molecule has 0 fully saturated rings. The van der Waals surface area contributed by atoms with Gasteiger partial charge in [0.1, 0.15) is 11.5 Å². The highest BCUT2D eigenvalue weighted by Gasteiger charge is 2.13. The van der Waals surface area contributed by atoms with Gasteiger partial charge < -0.3 is 19.3 Å². The zero-order chi connectivity index (χ0) is 16.8. The van der Waals surface area contributed by atoms with E-state index >= 15 is 0 Å². The van der Waals surface area contributed by atoms with Gasteiger partial charge in [0.15, 0.2) is 5.75 Å². The molecule has 3 rings (SSSR count). The Bertz CT molecular complexity index is 798. The predicted octanol–water partition coefficient (Wildman–Crippen LogP) is 4.12. The molecule has 0 radical (unpaired) electrons. The molecule has 6 heteroatoms. The summed E-state index contributed by atoms with van der Waals surface area (Å²) in [6.07, 6.45) is 1.41. The Labute approximate surface area is 139 Å². The molecule has 122 valence electrons. The van der Waals surface area contributed by atoms with Crippen molar-refractivity contribution in [3.63, 3.8) is 0 Å². The summed E-state index contributed by atoms with van der Waals surface area (Å²) in [5, 5.41) is 6.26. The molecule has 3 aromatic rings. The van der Waals surface area contributed by atoms with Gasteiger partial charge in [-0.3, -0.25) is 4.79 Å². The molecule has 0 saturated carbocycles. The number of carbonyl (C=O) groups excluding carboxylic acids is 1. The fraction of sp³-hybridized carbons (Fsp3) is 0.111. The first-order chi connectivity index (χ1) is 11.8. The van der Waals surface area contributed by atoms with E-state index < -0.39 is 5.91 Å². The number of amides is 1. The number of ether oxygens (including phenoxy) is 2. The van der Waals surface area contributed by atoms with Crippen molar-refractivity contribution in [3.8, 4) is 17.2 Å². The quantitative estimate of drug-likeness (QED) is 0.738. The molecule has 0 spiro atoms. The topological polar surface area (TPSA) is 73.6 Å². The van der Waals surface area contributed by atoms with Crippen LogP contribution < -0.4 is 14.8 Å². The lowest BCUT2D eigenvalue weighted by Crippen LogP contribution is -2.11. The normalized spacial score (nSPS) is 10.2. The highest BCUT2D eigenvalue weighted by molar-refractivity contribution is 6.02. The van der Waals surface area contributed by atoms with Gasteiger partial charge in [-0.25, -0.2) is 0 Å². The van der Waals surface area contributed by atoms with Crippen LogP contribution in [0.4, 0.5) is 5.69 Å². The molecule has 0 saturated heterocycles. The van der Waals surface area contributed by atoms with E-state index in [1.54, 1.807) is 30.3 Å². The number of rotatable bonds is 6. The van der Waals surface area contributed by atoms with Gasteiger partial charge in [-0.15, -0.1) is 0 Å². The minimum Gasteiger partial charge on any atom is -0.494 e. The fourth-order valence-electron chi connectivity index (χ4n) is 2.07. The van der Waals surface area contributed by atoms with Gasteiger partial charge >= 0.3 is 0 Å². The summed E-state index contributed by atoms with van der Waals surface area (Å²) >= 11 is 0. The smallest absolute Gasteiger partial charge is 0.294 e. The van der Waals surface area contributed by atoms with Crippen LogP contribution >= 0.6 is 0 Å². The van der Waals surface area contributed by atoms with Gasteiger partial charge in [-0.05, 0) is 43.3 Å². The van der Waals surface area contributed by atoms with E-state index in [1.807, 2.05) is 25.1 Å². The Morgan fingerprint density at radius 1 is 1.08 bits per heavy atom. The summed E-state index contributed by atoms with van der Waals surface area (Å²) in [4.78, 5) is 12.1. The molecule has 6 nitrogen and oxygen atoms in total. The number of para-hydroxylation sites is 2. The lowest BCUT2D eigenvalue weighted by Gasteiger charge is -2.12. The average Bonchev–Trinajstić information content (AvgIpc) is 3.13. The minimum atomic E-state index is -0.393. The van der Waals surface area contributed by atoms with E-state index in [2.05, 4.69) is 10.5 Å². The number of hydrogen-bond acceptors (Lipinski definition) is 5. The Morgan fingerprint density at radius 3 is 2.54 bits per heavy atom. The molecule has 0 aliphatic rings. The van der Waals surface area contributed by atoms with Gasteiger partial charge in [0.05, 0.1) is 18.5 Å². The van der Waals surface area contributed by atoms with Gasteiger partial charge in [0.25, 0.3) is 5.91 Å². The molecule has 2 aromatic carbocycles. The van der Waals surface area contributed by atoms with Gasteiger partial charge in [0.2, 0.25) is 5.76 Å². The summed E-state index contributed by atoms with van der Waals surface area (Å²) < 4.78 is 16.1. The van der Waals surface area contributed by atoms with E-state index in [0.29, 0.717) is 23.8 Å². The number of nitrogens with zero attached hydrogens (tertiary/aromatic N) is 1. The second-order valence-corrected chi connectivity index (χ2v) is 4.83. The molecule has 1 amide bonds. The van der Waals surface area contributed by atoms with Crippen molar-refractivity contribution in [2.75, 3.05) is 11.9 Å². The third kappa shape index (κ3) is 3.73. The van der Waals surface area contributed by atoms with E-state index in [-0.39, 0.29) is 5.76 Å². The summed E-state index contributed by atoms with van der Waals surface area (Å²) in [6.45, 7) is 2.54. The van der Waals surface area contributed by atoms with Gasteiger partial charge in [-0.2, -0.15) is 0 Å². The van der Waals surface area contributed by atoms with Crippen LogP contribution in [0.3, 0.4) is 0 Å². The van der Waals surface area contributed by atoms with Crippen LogP contribution in [0.25, 0.3) is 0 Å². The first-order valence-corrected chi connectivity index (χ1v) is 7.48. The molecule has 1 N–H and O–H groups in total. The average molecular weight is 324 g/mol. The van der Waals surface area contributed by atoms with Crippen molar-refractivity contribution < 1.29 is 18.8 Å². The molecule has 0 atom stereocenters. The number of anilines is 1. The third-order valence-corrected chi connectivity index (χ3v) is 3.16.